The molecule has 2 rings (SSSR count). The van der Waals surface area contributed by atoms with Gasteiger partial charge in [-0.15, -0.1) is 0 Å². The number of pyridine rings is 1. The monoisotopic (exact) mass is 346 g/mol. The summed E-state index contributed by atoms with van der Waals surface area (Å²) in [4.78, 5) is 32.4. The second kappa shape index (κ2) is 9.51. The van der Waals surface area contributed by atoms with Gasteiger partial charge in [-0.3, -0.25) is 19.5 Å². The van der Waals surface area contributed by atoms with E-state index in [0.717, 1.165) is 19.5 Å². The van der Waals surface area contributed by atoms with Crippen molar-refractivity contribution in [2.45, 2.75) is 39.7 Å². The summed E-state index contributed by atoms with van der Waals surface area (Å²) in [5.74, 6) is 0.466. The van der Waals surface area contributed by atoms with Crippen LogP contribution in [0.2, 0.25) is 0 Å². The molecule has 1 atom stereocenters. The molecule has 0 saturated carbocycles. The molecule has 0 aromatic carbocycles. The van der Waals surface area contributed by atoms with Gasteiger partial charge in [0.15, 0.2) is 0 Å². The molecule has 0 aliphatic carbocycles. The molecule has 1 aromatic heterocycles. The molecule has 25 heavy (non-hydrogen) atoms. The van der Waals surface area contributed by atoms with Gasteiger partial charge in [0, 0.05) is 51.0 Å². The first-order chi connectivity index (χ1) is 12.0. The van der Waals surface area contributed by atoms with Gasteiger partial charge in [-0.2, -0.15) is 0 Å². The molecule has 2 heterocycles. The van der Waals surface area contributed by atoms with E-state index in [1.807, 2.05) is 17.2 Å². The van der Waals surface area contributed by atoms with Gasteiger partial charge >= 0.3 is 0 Å². The molecule has 1 fully saturated rings. The summed E-state index contributed by atoms with van der Waals surface area (Å²) in [5, 5.41) is 2.74. The van der Waals surface area contributed by atoms with E-state index in [0.29, 0.717) is 31.5 Å². The maximum atomic E-state index is 12.3. The first-order valence-electron chi connectivity index (χ1n) is 9.16. The number of nitrogens with one attached hydrogen (secondary N) is 1. The van der Waals surface area contributed by atoms with Crippen molar-refractivity contribution in [3.05, 3.63) is 30.1 Å². The number of amides is 2. The molecule has 1 aromatic rings. The molecule has 6 nitrogen and oxygen atoms in total. The minimum Gasteiger partial charge on any atom is -0.347 e. The van der Waals surface area contributed by atoms with Crippen LogP contribution in [0.3, 0.4) is 0 Å². The Morgan fingerprint density at radius 2 is 1.92 bits per heavy atom. The Labute approximate surface area is 150 Å². The third kappa shape index (κ3) is 6.12. The molecule has 0 spiro atoms. The Bertz CT molecular complexity index is 554. The van der Waals surface area contributed by atoms with E-state index in [1.165, 1.54) is 5.56 Å². The highest BCUT2D eigenvalue weighted by atomic mass is 16.2. The summed E-state index contributed by atoms with van der Waals surface area (Å²) in [6.07, 6.45) is 5.02. The van der Waals surface area contributed by atoms with Gasteiger partial charge in [-0.25, -0.2) is 0 Å². The van der Waals surface area contributed by atoms with Crippen LogP contribution in [0.15, 0.2) is 24.5 Å². The molecule has 1 aliphatic heterocycles. The lowest BCUT2D eigenvalue weighted by Gasteiger charge is -2.38. The number of hydrogen-bond donors (Lipinski definition) is 1. The van der Waals surface area contributed by atoms with Crippen LogP contribution in [0.25, 0.3) is 0 Å². The van der Waals surface area contributed by atoms with Crippen molar-refractivity contribution in [1.82, 2.24) is 20.1 Å². The minimum absolute atomic E-state index is 0.00609. The van der Waals surface area contributed by atoms with Crippen LogP contribution in [-0.4, -0.2) is 59.3 Å². The van der Waals surface area contributed by atoms with E-state index in [4.69, 9.17) is 0 Å². The predicted molar refractivity (Wildman–Crippen MR) is 97.9 cm³/mol. The van der Waals surface area contributed by atoms with Crippen molar-refractivity contribution in [2.24, 2.45) is 5.92 Å². The number of hydrogen-bond acceptors (Lipinski definition) is 4. The normalized spacial score (nSPS) is 16.7. The van der Waals surface area contributed by atoms with Crippen LogP contribution < -0.4 is 5.32 Å². The third-order valence-corrected chi connectivity index (χ3v) is 4.77. The molecule has 0 radical (unpaired) electrons. The van der Waals surface area contributed by atoms with E-state index in [-0.39, 0.29) is 18.4 Å². The molecular formula is C19H30N4O2. The van der Waals surface area contributed by atoms with E-state index in [9.17, 15) is 9.59 Å². The molecular weight excluding hydrogens is 316 g/mol. The molecule has 1 aliphatic rings. The molecule has 1 unspecified atom stereocenters. The van der Waals surface area contributed by atoms with Gasteiger partial charge in [-0.1, -0.05) is 19.9 Å². The van der Waals surface area contributed by atoms with Crippen molar-refractivity contribution in [3.8, 4) is 0 Å². The van der Waals surface area contributed by atoms with Crippen LogP contribution in [0.5, 0.6) is 0 Å². The first kappa shape index (κ1) is 19.4. The number of carbonyl (C=O) groups excluding carboxylic acids is 2. The first-order valence-corrected chi connectivity index (χ1v) is 9.16. The second-order valence-electron chi connectivity index (χ2n) is 7.09. The number of rotatable bonds is 7. The maximum absolute atomic E-state index is 12.3. The SMILES string of the molecule is CC(C)CCC(=O)NCC(=O)N1CCN(C(C)c2cccnc2)CC1. The summed E-state index contributed by atoms with van der Waals surface area (Å²) in [5.41, 5.74) is 1.19. The molecule has 6 heteroatoms. The highest BCUT2D eigenvalue weighted by Gasteiger charge is 2.24. The average Bonchev–Trinajstić information content (AvgIpc) is 2.64. The largest absolute Gasteiger partial charge is 0.347 e. The molecule has 1 N–H and O–H groups in total. The van der Waals surface area contributed by atoms with Crippen LogP contribution in [-0.2, 0) is 9.59 Å². The Morgan fingerprint density at radius 3 is 2.52 bits per heavy atom. The zero-order valence-electron chi connectivity index (χ0n) is 15.6. The quantitative estimate of drug-likeness (QED) is 0.818. The minimum atomic E-state index is -0.0362. The smallest absolute Gasteiger partial charge is 0.242 e. The lowest BCUT2D eigenvalue weighted by molar-refractivity contribution is -0.134. The summed E-state index contributed by atoms with van der Waals surface area (Å²) in [6, 6.07) is 4.33. The van der Waals surface area contributed by atoms with Crippen molar-refractivity contribution in [1.29, 1.82) is 0 Å². The van der Waals surface area contributed by atoms with Crippen molar-refractivity contribution >= 4 is 11.8 Å². The van der Waals surface area contributed by atoms with Crippen molar-refractivity contribution in [2.75, 3.05) is 32.7 Å². The highest BCUT2D eigenvalue weighted by Crippen LogP contribution is 2.20. The fourth-order valence-electron chi connectivity index (χ4n) is 2.99. The predicted octanol–water partition coefficient (Wildman–Crippen LogP) is 1.84. The third-order valence-electron chi connectivity index (χ3n) is 4.77. The van der Waals surface area contributed by atoms with E-state index in [2.05, 4.69) is 42.0 Å². The Morgan fingerprint density at radius 1 is 1.20 bits per heavy atom. The lowest BCUT2D eigenvalue weighted by Crippen LogP contribution is -2.51. The zero-order chi connectivity index (χ0) is 18.2. The molecule has 2 amide bonds. The zero-order valence-corrected chi connectivity index (χ0v) is 15.6. The van der Waals surface area contributed by atoms with Crippen molar-refractivity contribution < 1.29 is 9.59 Å². The van der Waals surface area contributed by atoms with Crippen LogP contribution >= 0.6 is 0 Å². The fraction of sp³-hybridized carbons (Fsp3) is 0.632. The van der Waals surface area contributed by atoms with Crippen molar-refractivity contribution in [3.63, 3.8) is 0 Å². The number of carbonyl (C=O) groups is 2. The summed E-state index contributed by atoms with van der Waals surface area (Å²) < 4.78 is 0. The average molecular weight is 346 g/mol. The highest BCUT2D eigenvalue weighted by molar-refractivity contribution is 5.84. The van der Waals surface area contributed by atoms with Gasteiger partial charge in [0.2, 0.25) is 11.8 Å². The van der Waals surface area contributed by atoms with Crippen LogP contribution in [0.1, 0.15) is 45.2 Å². The van der Waals surface area contributed by atoms with Crippen LogP contribution in [0, 0.1) is 5.92 Å². The number of piperazine rings is 1. The standard InChI is InChI=1S/C19H30N4O2/c1-15(2)6-7-18(24)21-14-19(25)23-11-9-22(10-12-23)16(3)17-5-4-8-20-13-17/h4-5,8,13,15-16H,6-7,9-12,14H2,1-3H3,(H,21,24). The number of nitrogens with zero attached hydrogens (tertiary/aromatic N) is 3. The summed E-state index contributed by atoms with van der Waals surface area (Å²) >= 11 is 0. The van der Waals surface area contributed by atoms with E-state index in [1.54, 1.807) is 6.20 Å². The van der Waals surface area contributed by atoms with Gasteiger partial charge in [0.25, 0.3) is 0 Å². The lowest BCUT2D eigenvalue weighted by atomic mass is 10.1. The summed E-state index contributed by atoms with van der Waals surface area (Å²) in [7, 11) is 0. The fourth-order valence-corrected chi connectivity index (χ4v) is 2.99. The van der Waals surface area contributed by atoms with Gasteiger partial charge in [0.1, 0.15) is 0 Å². The second-order valence-corrected chi connectivity index (χ2v) is 7.09. The maximum Gasteiger partial charge on any atom is 0.242 e. The molecule has 1 saturated heterocycles. The van der Waals surface area contributed by atoms with Crippen LogP contribution in [0.4, 0.5) is 0 Å². The Hall–Kier alpha value is -1.95. The van der Waals surface area contributed by atoms with E-state index >= 15 is 0 Å². The Kier molecular flexibility index (Phi) is 7.37. The molecule has 138 valence electrons. The summed E-state index contributed by atoms with van der Waals surface area (Å²) in [6.45, 7) is 9.52. The number of aromatic nitrogens is 1. The van der Waals surface area contributed by atoms with Gasteiger partial charge < -0.3 is 10.2 Å². The van der Waals surface area contributed by atoms with E-state index < -0.39 is 0 Å². The molecule has 0 bridgehead atoms. The van der Waals surface area contributed by atoms with Gasteiger partial charge in [0.05, 0.1) is 6.54 Å². The van der Waals surface area contributed by atoms with Gasteiger partial charge in [-0.05, 0) is 30.9 Å². The Balaban J connectivity index is 1.72. The topological polar surface area (TPSA) is 65.5 Å².